The molecule has 94 valence electrons. The van der Waals surface area contributed by atoms with Crippen molar-refractivity contribution in [1.29, 1.82) is 0 Å². The Kier molecular flexibility index (Phi) is 2.22. The number of phenolic OH excluding ortho intramolecular Hbond substituents is 1. The van der Waals surface area contributed by atoms with Gasteiger partial charge in [0.05, 0.1) is 5.56 Å². The lowest BCUT2D eigenvalue weighted by Crippen LogP contribution is -2.33. The minimum Gasteiger partial charge on any atom is -0.507 e. The molecule has 2 aliphatic rings. The maximum atomic E-state index is 11.8. The molecule has 5 heteroatoms. The highest BCUT2D eigenvalue weighted by atomic mass is 16.6. The van der Waals surface area contributed by atoms with E-state index in [2.05, 4.69) is 0 Å². The molecule has 1 aliphatic heterocycles. The molecule has 0 radical (unpaired) electrons. The second-order valence-corrected chi connectivity index (χ2v) is 4.76. The average molecular weight is 248 g/mol. The van der Waals surface area contributed by atoms with Crippen LogP contribution in [0.5, 0.6) is 5.75 Å². The quantitative estimate of drug-likeness (QED) is 0.665. The number of ketones is 1. The van der Waals surface area contributed by atoms with Gasteiger partial charge in [0.25, 0.3) is 0 Å². The molecule has 18 heavy (non-hydrogen) atoms. The fourth-order valence-electron chi connectivity index (χ4n) is 2.80. The lowest BCUT2D eigenvalue weighted by molar-refractivity contribution is -0.154. The summed E-state index contributed by atoms with van der Waals surface area (Å²) in [5.74, 6) is -0.932. The number of phenols is 1. The second-order valence-electron chi connectivity index (χ2n) is 4.76. The summed E-state index contributed by atoms with van der Waals surface area (Å²) in [5.41, 5.74) is -0.243. The molecule has 0 bridgehead atoms. The van der Waals surface area contributed by atoms with Gasteiger partial charge >= 0.3 is 5.97 Å². The number of hydrogen-bond donors (Lipinski definition) is 2. The molecule has 1 aromatic rings. The fourth-order valence-corrected chi connectivity index (χ4v) is 2.80. The van der Waals surface area contributed by atoms with Crippen molar-refractivity contribution in [2.45, 2.75) is 31.0 Å². The smallest absolute Gasteiger partial charge is 0.336 e. The SMILES string of the molecule is O=C1CC[C@]2(C[C@H](O)C(=O)O2)c2cccc(O)c21. The number of benzene rings is 1. The predicted octanol–water partition coefficient (Wildman–Crippen LogP) is 0.872. The van der Waals surface area contributed by atoms with E-state index in [-0.39, 0.29) is 29.9 Å². The summed E-state index contributed by atoms with van der Waals surface area (Å²) in [5, 5.41) is 19.3. The number of aliphatic hydroxyl groups excluding tert-OH is 1. The largest absolute Gasteiger partial charge is 0.507 e. The van der Waals surface area contributed by atoms with Crippen molar-refractivity contribution < 1.29 is 24.5 Å². The minimum atomic E-state index is -1.16. The summed E-state index contributed by atoms with van der Waals surface area (Å²) < 4.78 is 5.28. The first-order chi connectivity index (χ1) is 8.53. The Morgan fingerprint density at radius 2 is 2.11 bits per heavy atom. The van der Waals surface area contributed by atoms with Crippen LogP contribution in [0.25, 0.3) is 0 Å². The molecular formula is C13H12O5. The number of rotatable bonds is 0. The van der Waals surface area contributed by atoms with E-state index in [1.54, 1.807) is 12.1 Å². The van der Waals surface area contributed by atoms with Crippen LogP contribution in [0.2, 0.25) is 0 Å². The third-order valence-electron chi connectivity index (χ3n) is 3.66. The van der Waals surface area contributed by atoms with Crippen molar-refractivity contribution in [3.8, 4) is 5.75 Å². The fraction of sp³-hybridized carbons (Fsp3) is 0.385. The van der Waals surface area contributed by atoms with Crippen LogP contribution in [0, 0.1) is 0 Å². The molecule has 1 fully saturated rings. The summed E-state index contributed by atoms with van der Waals surface area (Å²) in [6.07, 6.45) is -0.473. The van der Waals surface area contributed by atoms with Crippen molar-refractivity contribution in [3.63, 3.8) is 0 Å². The van der Waals surface area contributed by atoms with Crippen LogP contribution in [0.1, 0.15) is 35.2 Å². The highest BCUT2D eigenvalue weighted by Gasteiger charge is 2.51. The van der Waals surface area contributed by atoms with E-state index < -0.39 is 17.7 Å². The van der Waals surface area contributed by atoms with E-state index in [1.165, 1.54) is 6.07 Å². The van der Waals surface area contributed by atoms with Crippen LogP contribution in [0.4, 0.5) is 0 Å². The van der Waals surface area contributed by atoms with Gasteiger partial charge in [-0.15, -0.1) is 0 Å². The van der Waals surface area contributed by atoms with Crippen molar-refractivity contribution in [2.75, 3.05) is 0 Å². The maximum Gasteiger partial charge on any atom is 0.336 e. The van der Waals surface area contributed by atoms with E-state index in [0.29, 0.717) is 12.0 Å². The first kappa shape index (κ1) is 11.2. The average Bonchev–Trinajstić information content (AvgIpc) is 2.61. The van der Waals surface area contributed by atoms with Gasteiger partial charge in [-0.25, -0.2) is 4.79 Å². The van der Waals surface area contributed by atoms with Crippen molar-refractivity contribution >= 4 is 11.8 Å². The number of hydrogen-bond acceptors (Lipinski definition) is 5. The number of carbonyl (C=O) groups is 2. The van der Waals surface area contributed by atoms with Gasteiger partial charge in [0, 0.05) is 18.4 Å². The van der Waals surface area contributed by atoms with Gasteiger partial charge < -0.3 is 14.9 Å². The van der Waals surface area contributed by atoms with Crippen molar-refractivity contribution in [1.82, 2.24) is 0 Å². The van der Waals surface area contributed by atoms with Crippen LogP contribution in [0.3, 0.4) is 0 Å². The Morgan fingerprint density at radius 3 is 2.78 bits per heavy atom. The number of esters is 1. The number of ether oxygens (including phenoxy) is 1. The predicted molar refractivity (Wildman–Crippen MR) is 60.1 cm³/mol. The van der Waals surface area contributed by atoms with Gasteiger partial charge in [-0.1, -0.05) is 12.1 Å². The lowest BCUT2D eigenvalue weighted by Gasteiger charge is -2.33. The van der Waals surface area contributed by atoms with E-state index in [1.807, 2.05) is 0 Å². The lowest BCUT2D eigenvalue weighted by atomic mass is 9.76. The topological polar surface area (TPSA) is 83.8 Å². The molecule has 1 heterocycles. The first-order valence-corrected chi connectivity index (χ1v) is 5.80. The first-order valence-electron chi connectivity index (χ1n) is 5.80. The molecule has 2 N–H and O–H groups in total. The number of fused-ring (bicyclic) bond motifs is 2. The maximum absolute atomic E-state index is 11.8. The number of Topliss-reactive ketones (excluding diaryl/α,β-unsaturated/α-hetero) is 1. The molecule has 5 nitrogen and oxygen atoms in total. The van der Waals surface area contributed by atoms with Crippen LogP contribution in [-0.2, 0) is 15.1 Å². The number of aliphatic hydroxyl groups is 1. The standard InChI is InChI=1S/C13H12O5/c14-8-3-1-2-7-11(8)9(15)4-5-13(7)6-10(16)12(17)18-13/h1-3,10,14,16H,4-6H2/t10-,13-/m0/s1. The van der Waals surface area contributed by atoms with Crippen LogP contribution >= 0.6 is 0 Å². The van der Waals surface area contributed by atoms with Gasteiger partial charge in [-0.2, -0.15) is 0 Å². The summed E-state index contributed by atoms with van der Waals surface area (Å²) in [7, 11) is 0. The summed E-state index contributed by atoms with van der Waals surface area (Å²) in [4.78, 5) is 23.3. The minimum absolute atomic E-state index is 0.103. The van der Waals surface area contributed by atoms with Crippen LogP contribution in [-0.4, -0.2) is 28.1 Å². The second kappa shape index (κ2) is 3.55. The zero-order chi connectivity index (χ0) is 12.9. The molecule has 3 rings (SSSR count). The summed E-state index contributed by atoms with van der Waals surface area (Å²) in [6.45, 7) is 0. The highest BCUT2D eigenvalue weighted by molar-refractivity contribution is 6.01. The molecule has 1 saturated heterocycles. The molecule has 1 aliphatic carbocycles. The normalized spacial score (nSPS) is 30.4. The Balaban J connectivity index is 2.18. The molecule has 0 aromatic heterocycles. The molecule has 0 amide bonds. The van der Waals surface area contributed by atoms with Gasteiger partial charge in [0.15, 0.2) is 11.9 Å². The highest BCUT2D eigenvalue weighted by Crippen LogP contribution is 2.47. The van der Waals surface area contributed by atoms with Gasteiger partial charge in [0.2, 0.25) is 0 Å². The summed E-state index contributed by atoms with van der Waals surface area (Å²) >= 11 is 0. The summed E-state index contributed by atoms with van der Waals surface area (Å²) in [6, 6.07) is 4.70. The van der Waals surface area contributed by atoms with E-state index in [9.17, 15) is 19.8 Å². The third kappa shape index (κ3) is 1.37. The zero-order valence-electron chi connectivity index (χ0n) is 9.55. The van der Waals surface area contributed by atoms with Gasteiger partial charge in [-0.05, 0) is 12.5 Å². The van der Waals surface area contributed by atoms with E-state index in [0.717, 1.165) is 0 Å². The molecule has 1 aromatic carbocycles. The van der Waals surface area contributed by atoms with E-state index >= 15 is 0 Å². The van der Waals surface area contributed by atoms with Crippen LogP contribution in [0.15, 0.2) is 18.2 Å². The van der Waals surface area contributed by atoms with Crippen molar-refractivity contribution in [3.05, 3.63) is 29.3 Å². The van der Waals surface area contributed by atoms with Crippen molar-refractivity contribution in [2.24, 2.45) is 0 Å². The van der Waals surface area contributed by atoms with Gasteiger partial charge in [0.1, 0.15) is 11.4 Å². The Bertz CT molecular complexity index is 550. The van der Waals surface area contributed by atoms with Crippen LogP contribution < -0.4 is 0 Å². The number of carbonyl (C=O) groups excluding carboxylic acids is 2. The molecular weight excluding hydrogens is 236 g/mol. The van der Waals surface area contributed by atoms with E-state index in [4.69, 9.17) is 4.74 Å². The van der Waals surface area contributed by atoms with Gasteiger partial charge in [-0.3, -0.25) is 4.79 Å². The molecule has 2 atom stereocenters. The molecule has 1 spiro atoms. The number of aromatic hydroxyl groups is 1. The zero-order valence-corrected chi connectivity index (χ0v) is 9.55. The molecule has 0 unspecified atom stereocenters. The Labute approximate surface area is 103 Å². The molecule has 0 saturated carbocycles. The Morgan fingerprint density at radius 1 is 1.33 bits per heavy atom. The monoisotopic (exact) mass is 248 g/mol. The third-order valence-corrected chi connectivity index (χ3v) is 3.66. The Hall–Kier alpha value is -1.88.